The molecule has 1 rings (SSSR count). The van der Waals surface area contributed by atoms with Crippen molar-refractivity contribution < 1.29 is 32.2 Å². The first-order valence-electron chi connectivity index (χ1n) is 5.14. The van der Waals surface area contributed by atoms with Crippen molar-refractivity contribution in [2.75, 3.05) is 14.2 Å². The highest BCUT2D eigenvalue weighted by Gasteiger charge is 2.34. The van der Waals surface area contributed by atoms with Gasteiger partial charge in [0.25, 0.3) is 5.88 Å². The maximum Gasteiger partial charge on any atom is 0.573 e. The number of hydrogen-bond acceptors (Lipinski definition) is 5. The van der Waals surface area contributed by atoms with E-state index in [4.69, 9.17) is 4.74 Å². The van der Waals surface area contributed by atoms with Gasteiger partial charge in [0, 0.05) is 11.3 Å². The molecule has 0 saturated carbocycles. The van der Waals surface area contributed by atoms with Gasteiger partial charge in [-0.2, -0.15) is 0 Å². The second kappa shape index (κ2) is 5.77. The topological polar surface area (TPSA) is 57.7 Å². The summed E-state index contributed by atoms with van der Waals surface area (Å²) in [6.45, 7) is 1.56. The Morgan fingerprint density at radius 2 is 2.00 bits per heavy atom. The highest BCUT2D eigenvalue weighted by atomic mass is 19.4. The molecule has 0 bridgehead atoms. The lowest BCUT2D eigenvalue weighted by molar-refractivity contribution is -0.275. The average Bonchev–Trinajstić information content (AvgIpc) is 2.30. The van der Waals surface area contributed by atoms with Crippen LogP contribution in [-0.2, 0) is 16.0 Å². The van der Waals surface area contributed by atoms with Crippen molar-refractivity contribution in [3.05, 3.63) is 17.3 Å². The standard InChI is InChI=1S/C11H12F3NO4/c1-6-4-7(5-8(16)17-2)9(10(15-6)18-3)19-11(12,13)14/h4H,5H2,1-3H3. The molecule has 0 atom stereocenters. The Morgan fingerprint density at radius 3 is 2.47 bits per heavy atom. The van der Waals surface area contributed by atoms with E-state index >= 15 is 0 Å². The van der Waals surface area contributed by atoms with E-state index in [-0.39, 0.29) is 17.9 Å². The largest absolute Gasteiger partial charge is 0.573 e. The number of halogens is 3. The monoisotopic (exact) mass is 279 g/mol. The molecule has 5 nitrogen and oxygen atoms in total. The van der Waals surface area contributed by atoms with E-state index in [1.54, 1.807) is 6.92 Å². The lowest BCUT2D eigenvalue weighted by atomic mass is 10.1. The number of alkyl halides is 3. The molecular formula is C11H12F3NO4. The molecule has 0 fully saturated rings. The van der Waals surface area contributed by atoms with Gasteiger partial charge < -0.3 is 14.2 Å². The first-order chi connectivity index (χ1) is 8.76. The number of methoxy groups -OCH3 is 2. The molecule has 0 radical (unpaired) electrons. The van der Waals surface area contributed by atoms with Crippen molar-refractivity contribution in [2.24, 2.45) is 0 Å². The van der Waals surface area contributed by atoms with Crippen LogP contribution < -0.4 is 9.47 Å². The lowest BCUT2D eigenvalue weighted by Gasteiger charge is -2.15. The third-order valence-electron chi connectivity index (χ3n) is 2.12. The molecule has 1 heterocycles. The highest BCUT2D eigenvalue weighted by molar-refractivity contribution is 5.74. The molecular weight excluding hydrogens is 267 g/mol. The van der Waals surface area contributed by atoms with Gasteiger partial charge in [0.2, 0.25) is 0 Å². The van der Waals surface area contributed by atoms with Crippen LogP contribution in [0.3, 0.4) is 0 Å². The summed E-state index contributed by atoms with van der Waals surface area (Å²) in [4.78, 5) is 15.0. The maximum absolute atomic E-state index is 12.3. The number of aromatic nitrogens is 1. The van der Waals surface area contributed by atoms with Gasteiger partial charge in [0.1, 0.15) is 0 Å². The fourth-order valence-electron chi connectivity index (χ4n) is 1.42. The van der Waals surface area contributed by atoms with Gasteiger partial charge in [-0.05, 0) is 13.0 Å². The SMILES string of the molecule is COC(=O)Cc1cc(C)nc(OC)c1OC(F)(F)F. The molecule has 0 unspecified atom stereocenters. The summed E-state index contributed by atoms with van der Waals surface area (Å²) in [7, 11) is 2.30. The van der Waals surface area contributed by atoms with Crippen LogP contribution in [0.2, 0.25) is 0 Å². The van der Waals surface area contributed by atoms with E-state index in [0.29, 0.717) is 5.69 Å². The fraction of sp³-hybridized carbons (Fsp3) is 0.455. The van der Waals surface area contributed by atoms with Crippen LogP contribution in [0.1, 0.15) is 11.3 Å². The van der Waals surface area contributed by atoms with Crippen LogP contribution in [0.15, 0.2) is 6.07 Å². The number of pyridine rings is 1. The van der Waals surface area contributed by atoms with Crippen LogP contribution in [0.25, 0.3) is 0 Å². The molecule has 8 heteroatoms. The molecule has 0 aromatic carbocycles. The van der Waals surface area contributed by atoms with Gasteiger partial charge in [0.05, 0.1) is 20.6 Å². The fourth-order valence-corrected chi connectivity index (χ4v) is 1.42. The molecule has 0 aliphatic rings. The summed E-state index contributed by atoms with van der Waals surface area (Å²) >= 11 is 0. The molecule has 0 saturated heterocycles. The Morgan fingerprint density at radius 1 is 1.37 bits per heavy atom. The maximum atomic E-state index is 12.3. The number of ether oxygens (including phenoxy) is 3. The smallest absolute Gasteiger partial charge is 0.478 e. The number of rotatable bonds is 4. The molecule has 0 amide bonds. The molecule has 0 N–H and O–H groups in total. The van der Waals surface area contributed by atoms with Gasteiger partial charge in [-0.1, -0.05) is 0 Å². The molecule has 19 heavy (non-hydrogen) atoms. The number of carbonyl (C=O) groups excluding carboxylic acids is 1. The third-order valence-corrected chi connectivity index (χ3v) is 2.12. The second-order valence-corrected chi connectivity index (χ2v) is 3.56. The van der Waals surface area contributed by atoms with Crippen molar-refractivity contribution in [3.8, 4) is 11.6 Å². The van der Waals surface area contributed by atoms with Gasteiger partial charge in [-0.25, -0.2) is 4.98 Å². The Labute approximate surface area is 107 Å². The molecule has 1 aromatic heterocycles. The quantitative estimate of drug-likeness (QED) is 0.789. The highest BCUT2D eigenvalue weighted by Crippen LogP contribution is 2.35. The number of carbonyl (C=O) groups is 1. The van der Waals surface area contributed by atoms with Crippen LogP contribution in [0.5, 0.6) is 11.6 Å². The Kier molecular flexibility index (Phi) is 4.57. The van der Waals surface area contributed by atoms with E-state index < -0.39 is 18.1 Å². The zero-order valence-corrected chi connectivity index (χ0v) is 10.5. The van der Waals surface area contributed by atoms with Gasteiger partial charge >= 0.3 is 12.3 Å². The van der Waals surface area contributed by atoms with E-state index in [2.05, 4.69) is 14.5 Å². The average molecular weight is 279 g/mol. The second-order valence-electron chi connectivity index (χ2n) is 3.56. The van der Waals surface area contributed by atoms with Crippen molar-refractivity contribution in [1.29, 1.82) is 0 Å². The molecule has 0 aliphatic carbocycles. The minimum absolute atomic E-state index is 0.00600. The molecule has 0 spiro atoms. The summed E-state index contributed by atoms with van der Waals surface area (Å²) in [6.07, 6.45) is -5.28. The van der Waals surface area contributed by atoms with Crippen molar-refractivity contribution in [2.45, 2.75) is 19.7 Å². The number of nitrogens with zero attached hydrogens (tertiary/aromatic N) is 1. The number of esters is 1. The minimum atomic E-state index is -4.91. The van der Waals surface area contributed by atoms with E-state index in [1.807, 2.05) is 0 Å². The minimum Gasteiger partial charge on any atom is -0.478 e. The normalized spacial score (nSPS) is 11.1. The first-order valence-corrected chi connectivity index (χ1v) is 5.14. The first kappa shape index (κ1) is 15.1. The van der Waals surface area contributed by atoms with E-state index in [9.17, 15) is 18.0 Å². The molecule has 0 aliphatic heterocycles. The van der Waals surface area contributed by atoms with Crippen LogP contribution in [0, 0.1) is 6.92 Å². The Balaban J connectivity index is 3.25. The van der Waals surface area contributed by atoms with Gasteiger partial charge in [-0.15, -0.1) is 13.2 Å². The number of hydrogen-bond donors (Lipinski definition) is 0. The zero-order valence-electron chi connectivity index (χ0n) is 10.5. The Bertz CT molecular complexity index is 474. The summed E-state index contributed by atoms with van der Waals surface area (Å²) in [5, 5.41) is 0. The molecule has 106 valence electrons. The summed E-state index contributed by atoms with van der Waals surface area (Å²) in [6, 6.07) is 1.31. The summed E-state index contributed by atoms with van der Waals surface area (Å²) in [5.74, 6) is -1.66. The van der Waals surface area contributed by atoms with Crippen LogP contribution >= 0.6 is 0 Å². The third kappa shape index (κ3) is 4.31. The van der Waals surface area contributed by atoms with Crippen LogP contribution in [-0.4, -0.2) is 31.5 Å². The van der Waals surface area contributed by atoms with Crippen molar-refractivity contribution in [1.82, 2.24) is 4.98 Å². The van der Waals surface area contributed by atoms with Gasteiger partial charge in [0.15, 0.2) is 5.75 Å². The lowest BCUT2D eigenvalue weighted by Crippen LogP contribution is -2.20. The predicted octanol–water partition coefficient (Wildman–Crippen LogP) is 2.01. The zero-order chi connectivity index (χ0) is 14.6. The van der Waals surface area contributed by atoms with Gasteiger partial charge in [-0.3, -0.25) is 4.79 Å². The predicted molar refractivity (Wildman–Crippen MR) is 57.9 cm³/mol. The van der Waals surface area contributed by atoms with E-state index in [1.165, 1.54) is 6.07 Å². The van der Waals surface area contributed by atoms with E-state index in [0.717, 1.165) is 14.2 Å². The van der Waals surface area contributed by atoms with Crippen molar-refractivity contribution >= 4 is 5.97 Å². The molecule has 1 aromatic rings. The summed E-state index contributed by atoms with van der Waals surface area (Å²) in [5.41, 5.74) is 0.388. The van der Waals surface area contributed by atoms with Crippen molar-refractivity contribution in [3.63, 3.8) is 0 Å². The Hall–Kier alpha value is -1.99. The van der Waals surface area contributed by atoms with Crippen LogP contribution in [0.4, 0.5) is 13.2 Å². The number of aryl methyl sites for hydroxylation is 1. The summed E-state index contributed by atoms with van der Waals surface area (Å²) < 4.78 is 50.0.